The van der Waals surface area contributed by atoms with Crippen molar-refractivity contribution in [3.63, 3.8) is 0 Å². The Kier molecular flexibility index (Phi) is 4.73. The van der Waals surface area contributed by atoms with E-state index in [2.05, 4.69) is 15.3 Å². The Hall–Kier alpha value is -2.83. The number of aliphatic hydroxyl groups excluding tert-OH is 1. The Balaban J connectivity index is 1.51. The number of pyridine rings is 2. The molecule has 0 aromatic carbocycles. The molecule has 1 fully saturated rings. The second-order valence-corrected chi connectivity index (χ2v) is 7.91. The van der Waals surface area contributed by atoms with Crippen molar-refractivity contribution in [1.29, 1.82) is 0 Å². The summed E-state index contributed by atoms with van der Waals surface area (Å²) in [5.41, 5.74) is 5.35. The second-order valence-electron chi connectivity index (χ2n) is 7.53. The summed E-state index contributed by atoms with van der Waals surface area (Å²) < 4.78 is 7.23. The van der Waals surface area contributed by atoms with Crippen molar-refractivity contribution >= 4 is 22.9 Å². The first-order valence-corrected chi connectivity index (χ1v) is 10.2. The van der Waals surface area contributed by atoms with Gasteiger partial charge >= 0.3 is 0 Å². The van der Waals surface area contributed by atoms with E-state index in [0.717, 1.165) is 59.5 Å². The molecule has 1 aliphatic rings. The smallest absolute Gasteiger partial charge is 0.137 e. The molecule has 0 bridgehead atoms. The number of imidazole rings is 1. The van der Waals surface area contributed by atoms with Crippen LogP contribution in [0.4, 0.5) is 5.69 Å². The molecule has 148 valence electrons. The maximum atomic E-state index is 9.94. The first-order chi connectivity index (χ1) is 14.2. The fourth-order valence-electron chi connectivity index (χ4n) is 4.01. The average molecular weight is 409 g/mol. The normalized spacial score (nSPS) is 19.5. The number of nitrogens with zero attached hydrogens (tertiary/aromatic N) is 3. The van der Waals surface area contributed by atoms with Gasteiger partial charge in [0, 0.05) is 23.4 Å². The number of furan rings is 1. The number of hydrogen-bond donors (Lipinski definition) is 2. The van der Waals surface area contributed by atoms with Gasteiger partial charge in [0.15, 0.2) is 0 Å². The zero-order chi connectivity index (χ0) is 19.8. The average Bonchev–Trinajstić information content (AvgIpc) is 3.37. The van der Waals surface area contributed by atoms with Crippen LogP contribution in [0, 0.1) is 0 Å². The molecule has 0 aliphatic heterocycles. The molecule has 4 aromatic heterocycles. The van der Waals surface area contributed by atoms with E-state index in [0.29, 0.717) is 5.15 Å². The van der Waals surface area contributed by atoms with Gasteiger partial charge in [0.25, 0.3) is 0 Å². The maximum Gasteiger partial charge on any atom is 0.137 e. The van der Waals surface area contributed by atoms with Crippen LogP contribution in [0.5, 0.6) is 0 Å². The molecule has 0 amide bonds. The van der Waals surface area contributed by atoms with Gasteiger partial charge in [-0.1, -0.05) is 11.6 Å². The lowest BCUT2D eigenvalue weighted by molar-refractivity contribution is 0.124. The summed E-state index contributed by atoms with van der Waals surface area (Å²) in [4.78, 5) is 8.94. The minimum Gasteiger partial charge on any atom is -0.472 e. The topological polar surface area (TPSA) is 75.6 Å². The number of anilines is 1. The lowest BCUT2D eigenvalue weighted by Gasteiger charge is -2.27. The highest BCUT2D eigenvalue weighted by Crippen LogP contribution is 2.30. The van der Waals surface area contributed by atoms with Crippen LogP contribution in [-0.2, 0) is 0 Å². The molecule has 1 saturated carbocycles. The van der Waals surface area contributed by atoms with E-state index in [1.54, 1.807) is 12.5 Å². The summed E-state index contributed by atoms with van der Waals surface area (Å²) in [6.07, 6.45) is 10.7. The van der Waals surface area contributed by atoms with Gasteiger partial charge in [-0.15, -0.1) is 0 Å². The van der Waals surface area contributed by atoms with Gasteiger partial charge in [-0.3, -0.25) is 4.40 Å². The summed E-state index contributed by atoms with van der Waals surface area (Å²) >= 11 is 6.30. The van der Waals surface area contributed by atoms with Crippen molar-refractivity contribution in [3.8, 4) is 22.5 Å². The van der Waals surface area contributed by atoms with Crippen LogP contribution in [0.2, 0.25) is 5.15 Å². The molecular formula is C22H21ClN4O2. The largest absolute Gasteiger partial charge is 0.472 e. The quantitative estimate of drug-likeness (QED) is 0.463. The Bertz CT molecular complexity index is 1140. The van der Waals surface area contributed by atoms with Gasteiger partial charge in [0.1, 0.15) is 10.8 Å². The third kappa shape index (κ3) is 3.73. The third-order valence-electron chi connectivity index (χ3n) is 5.43. The summed E-state index contributed by atoms with van der Waals surface area (Å²) in [6, 6.07) is 9.99. The lowest BCUT2D eigenvalue weighted by Crippen LogP contribution is -2.29. The fourth-order valence-corrected chi connectivity index (χ4v) is 4.22. The molecule has 7 heteroatoms. The number of halogens is 1. The van der Waals surface area contributed by atoms with Crippen molar-refractivity contribution < 1.29 is 9.52 Å². The van der Waals surface area contributed by atoms with Crippen LogP contribution >= 0.6 is 11.6 Å². The second kappa shape index (κ2) is 7.54. The number of aliphatic hydroxyl groups is 1. The van der Waals surface area contributed by atoms with E-state index >= 15 is 0 Å². The molecule has 2 N–H and O–H groups in total. The van der Waals surface area contributed by atoms with Gasteiger partial charge in [-0.2, -0.15) is 0 Å². The maximum absolute atomic E-state index is 9.94. The highest BCUT2D eigenvalue weighted by molar-refractivity contribution is 6.29. The summed E-state index contributed by atoms with van der Waals surface area (Å²) in [6.45, 7) is 0. The standard InChI is InChI=1S/C22H21ClN4O2/c23-21-9-15(8-19(26-21)14-6-7-29-13-14)20-11-24-22-5-4-17(12-27(20)22)25-16-2-1-3-18(28)10-16/h4-9,11-13,16,18,25,28H,1-3,10H2/t16-,18-/m0/s1. The molecular weight excluding hydrogens is 388 g/mol. The molecule has 4 aromatic rings. The summed E-state index contributed by atoms with van der Waals surface area (Å²) in [7, 11) is 0. The number of fused-ring (bicyclic) bond motifs is 1. The van der Waals surface area contributed by atoms with Crippen LogP contribution in [-0.4, -0.2) is 31.6 Å². The number of rotatable bonds is 4. The van der Waals surface area contributed by atoms with Crippen LogP contribution < -0.4 is 5.32 Å². The molecule has 0 saturated heterocycles. The van der Waals surface area contributed by atoms with Gasteiger partial charge in [-0.05, 0) is 56.0 Å². The van der Waals surface area contributed by atoms with E-state index in [4.69, 9.17) is 16.0 Å². The van der Waals surface area contributed by atoms with E-state index < -0.39 is 0 Å². The Morgan fingerprint density at radius 1 is 1.17 bits per heavy atom. The molecule has 2 atom stereocenters. The molecule has 1 aliphatic carbocycles. The number of hydrogen-bond acceptors (Lipinski definition) is 5. The van der Waals surface area contributed by atoms with Crippen molar-refractivity contribution in [3.05, 3.63) is 60.4 Å². The molecule has 0 unspecified atom stereocenters. The molecule has 6 nitrogen and oxygen atoms in total. The Morgan fingerprint density at radius 2 is 2.10 bits per heavy atom. The van der Waals surface area contributed by atoms with Crippen LogP contribution in [0.15, 0.2) is 59.7 Å². The van der Waals surface area contributed by atoms with Crippen LogP contribution in [0.1, 0.15) is 25.7 Å². The fraction of sp³-hybridized carbons (Fsp3) is 0.273. The summed E-state index contributed by atoms with van der Waals surface area (Å²) in [5.74, 6) is 0. The van der Waals surface area contributed by atoms with Gasteiger partial charge < -0.3 is 14.8 Å². The molecule has 0 spiro atoms. The third-order valence-corrected chi connectivity index (χ3v) is 5.62. The van der Waals surface area contributed by atoms with E-state index in [1.165, 1.54) is 0 Å². The minimum absolute atomic E-state index is 0.214. The van der Waals surface area contributed by atoms with Crippen molar-refractivity contribution in [2.24, 2.45) is 0 Å². The highest BCUT2D eigenvalue weighted by Gasteiger charge is 2.20. The van der Waals surface area contributed by atoms with E-state index in [1.807, 2.05) is 47.1 Å². The summed E-state index contributed by atoms with van der Waals surface area (Å²) in [5, 5.41) is 13.9. The van der Waals surface area contributed by atoms with E-state index in [9.17, 15) is 5.11 Å². The monoisotopic (exact) mass is 408 g/mol. The van der Waals surface area contributed by atoms with Gasteiger partial charge in [0.05, 0.1) is 41.9 Å². The molecule has 5 rings (SSSR count). The van der Waals surface area contributed by atoms with Gasteiger partial charge in [0.2, 0.25) is 0 Å². The molecule has 0 radical (unpaired) electrons. The Morgan fingerprint density at radius 3 is 2.93 bits per heavy atom. The molecule has 4 heterocycles. The zero-order valence-corrected chi connectivity index (χ0v) is 16.5. The number of aromatic nitrogens is 3. The van der Waals surface area contributed by atoms with Crippen molar-refractivity contribution in [1.82, 2.24) is 14.4 Å². The predicted octanol–water partition coefficient (Wildman–Crippen LogP) is 5.03. The highest BCUT2D eigenvalue weighted by atomic mass is 35.5. The number of nitrogens with one attached hydrogen (secondary N) is 1. The SMILES string of the molecule is O[C@H]1CCC[C@H](Nc2ccc3ncc(-c4cc(Cl)nc(-c5ccoc5)c4)n3c2)C1. The van der Waals surface area contributed by atoms with E-state index in [-0.39, 0.29) is 12.1 Å². The van der Waals surface area contributed by atoms with Crippen molar-refractivity contribution in [2.75, 3.05) is 5.32 Å². The predicted molar refractivity (Wildman–Crippen MR) is 113 cm³/mol. The minimum atomic E-state index is -0.214. The Labute approximate surface area is 173 Å². The van der Waals surface area contributed by atoms with Gasteiger partial charge in [-0.25, -0.2) is 9.97 Å². The first-order valence-electron chi connectivity index (χ1n) is 9.78. The molecule has 29 heavy (non-hydrogen) atoms. The van der Waals surface area contributed by atoms with Crippen LogP contribution in [0.25, 0.3) is 28.2 Å². The zero-order valence-electron chi connectivity index (χ0n) is 15.8. The van der Waals surface area contributed by atoms with Crippen LogP contribution in [0.3, 0.4) is 0 Å². The first kappa shape index (κ1) is 18.2. The van der Waals surface area contributed by atoms with Crippen molar-refractivity contribution in [2.45, 2.75) is 37.8 Å². The lowest BCUT2D eigenvalue weighted by atomic mass is 9.93.